The number of amides is 1. The van der Waals surface area contributed by atoms with Crippen LogP contribution in [0.25, 0.3) is 10.2 Å². The number of carbonyl (C=O) groups is 1. The number of thiophene rings is 1. The number of nitrogens with one attached hydrogen (secondary N) is 1. The van der Waals surface area contributed by atoms with Crippen LogP contribution >= 0.6 is 11.3 Å². The second-order valence-electron chi connectivity index (χ2n) is 5.68. The Morgan fingerprint density at radius 2 is 2.24 bits per heavy atom. The second kappa shape index (κ2) is 5.95. The van der Waals surface area contributed by atoms with Gasteiger partial charge in [-0.3, -0.25) is 14.2 Å². The number of rotatable bonds is 5. The molecule has 0 aromatic carbocycles. The zero-order chi connectivity index (χ0) is 15.6. The summed E-state index contributed by atoms with van der Waals surface area (Å²) in [6, 6.07) is 1.84. The number of hydrogen-bond donors (Lipinski definition) is 2. The minimum atomic E-state index is -0.709. The molecule has 1 amide bonds. The van der Waals surface area contributed by atoms with Gasteiger partial charge in [-0.05, 0) is 26.8 Å². The molecule has 0 saturated heterocycles. The second-order valence-corrected chi connectivity index (χ2v) is 6.92. The Bertz CT molecular complexity index is 717. The largest absolute Gasteiger partial charge is 0.354 e. The normalized spacial score (nSPS) is 11.8. The first kappa shape index (κ1) is 15.7. The van der Waals surface area contributed by atoms with E-state index < -0.39 is 5.41 Å². The van der Waals surface area contributed by atoms with Crippen molar-refractivity contribution in [1.29, 1.82) is 0 Å². The van der Waals surface area contributed by atoms with Gasteiger partial charge in [-0.15, -0.1) is 11.3 Å². The summed E-state index contributed by atoms with van der Waals surface area (Å²) < 4.78 is 1.50. The number of aryl methyl sites for hydroxylation is 1. The van der Waals surface area contributed by atoms with Gasteiger partial charge in [-0.25, -0.2) is 4.98 Å². The molecule has 7 heteroatoms. The number of hydrogen-bond acceptors (Lipinski definition) is 5. The lowest BCUT2D eigenvalue weighted by atomic mass is 9.92. The minimum Gasteiger partial charge on any atom is -0.354 e. The van der Waals surface area contributed by atoms with Gasteiger partial charge in [0.05, 0.1) is 17.1 Å². The molecular formula is C14H20N4O2S. The Balaban J connectivity index is 2.28. The average molecular weight is 308 g/mol. The molecule has 114 valence electrons. The predicted octanol–water partition coefficient (Wildman–Crippen LogP) is 0.868. The van der Waals surface area contributed by atoms with Gasteiger partial charge in [-0.1, -0.05) is 0 Å². The van der Waals surface area contributed by atoms with E-state index in [9.17, 15) is 9.59 Å². The lowest BCUT2D eigenvalue weighted by Crippen LogP contribution is -2.43. The summed E-state index contributed by atoms with van der Waals surface area (Å²) in [5.74, 6) is -0.124. The zero-order valence-electron chi connectivity index (χ0n) is 12.5. The molecule has 0 unspecified atom stereocenters. The molecule has 0 fully saturated rings. The predicted molar refractivity (Wildman–Crippen MR) is 84.5 cm³/mol. The zero-order valence-corrected chi connectivity index (χ0v) is 13.3. The molecule has 6 nitrogen and oxygen atoms in total. The summed E-state index contributed by atoms with van der Waals surface area (Å²) >= 11 is 1.49. The third-order valence-corrected chi connectivity index (χ3v) is 4.21. The summed E-state index contributed by atoms with van der Waals surface area (Å²) in [6.45, 7) is 6.64. The van der Waals surface area contributed by atoms with Crippen LogP contribution < -0.4 is 16.6 Å². The van der Waals surface area contributed by atoms with Crippen LogP contribution in [-0.4, -0.2) is 28.5 Å². The average Bonchev–Trinajstić information content (AvgIpc) is 2.80. The highest BCUT2D eigenvalue weighted by Gasteiger charge is 2.28. The number of carbonyl (C=O) groups excluding carboxylic acids is 1. The van der Waals surface area contributed by atoms with Crippen LogP contribution in [-0.2, 0) is 11.3 Å². The maximum Gasteiger partial charge on any atom is 0.262 e. The Morgan fingerprint density at radius 1 is 1.52 bits per heavy atom. The number of aromatic nitrogens is 2. The maximum atomic E-state index is 12.4. The Morgan fingerprint density at radius 3 is 2.90 bits per heavy atom. The highest BCUT2D eigenvalue weighted by molar-refractivity contribution is 7.18. The Kier molecular flexibility index (Phi) is 4.43. The third-order valence-electron chi connectivity index (χ3n) is 3.25. The summed E-state index contributed by atoms with van der Waals surface area (Å²) in [6.07, 6.45) is 1.51. The molecule has 2 aromatic rings. The van der Waals surface area contributed by atoms with Crippen molar-refractivity contribution in [3.63, 3.8) is 0 Å². The molecular weight excluding hydrogens is 288 g/mol. The molecule has 2 heterocycles. The van der Waals surface area contributed by atoms with Gasteiger partial charge in [0.2, 0.25) is 5.91 Å². The molecule has 0 aliphatic carbocycles. The lowest BCUT2D eigenvalue weighted by Gasteiger charge is -2.24. The topological polar surface area (TPSA) is 90.0 Å². The molecule has 0 saturated carbocycles. The van der Waals surface area contributed by atoms with Gasteiger partial charge >= 0.3 is 0 Å². The van der Waals surface area contributed by atoms with Gasteiger partial charge < -0.3 is 11.1 Å². The van der Waals surface area contributed by atoms with Gasteiger partial charge in [0.1, 0.15) is 4.83 Å². The summed E-state index contributed by atoms with van der Waals surface area (Å²) in [4.78, 5) is 30.6. The molecule has 0 aliphatic rings. The lowest BCUT2D eigenvalue weighted by molar-refractivity contribution is -0.130. The highest BCUT2D eigenvalue weighted by Crippen LogP contribution is 2.21. The maximum absolute atomic E-state index is 12.4. The van der Waals surface area contributed by atoms with Gasteiger partial charge in [0.15, 0.2) is 0 Å². The van der Waals surface area contributed by atoms with E-state index in [4.69, 9.17) is 5.73 Å². The van der Waals surface area contributed by atoms with E-state index in [1.165, 1.54) is 22.2 Å². The standard InChI is InChI=1S/C14H20N4O2S/c1-9-6-10-11(21-9)17-8-18(12(10)19)7-14(2,3)13(20)16-5-4-15/h6,8H,4-5,7,15H2,1-3H3,(H,16,20). The number of nitrogens with zero attached hydrogens (tertiary/aromatic N) is 2. The van der Waals surface area contributed by atoms with E-state index in [1.54, 1.807) is 13.8 Å². The van der Waals surface area contributed by atoms with Crippen molar-refractivity contribution in [3.05, 3.63) is 27.6 Å². The van der Waals surface area contributed by atoms with Crippen LogP contribution in [0.5, 0.6) is 0 Å². The summed E-state index contributed by atoms with van der Waals surface area (Å²) in [5.41, 5.74) is 4.57. The third kappa shape index (κ3) is 3.30. The van der Waals surface area contributed by atoms with Crippen molar-refractivity contribution in [1.82, 2.24) is 14.9 Å². The number of fused-ring (bicyclic) bond motifs is 1. The van der Waals surface area contributed by atoms with Crippen molar-refractivity contribution >= 4 is 27.5 Å². The fourth-order valence-corrected chi connectivity index (χ4v) is 2.95. The van der Waals surface area contributed by atoms with Crippen molar-refractivity contribution in [2.75, 3.05) is 13.1 Å². The summed E-state index contributed by atoms with van der Waals surface area (Å²) in [5, 5.41) is 3.37. The quantitative estimate of drug-likeness (QED) is 0.857. The monoisotopic (exact) mass is 308 g/mol. The van der Waals surface area contributed by atoms with E-state index in [0.29, 0.717) is 18.5 Å². The van der Waals surface area contributed by atoms with E-state index in [1.807, 2.05) is 13.0 Å². The van der Waals surface area contributed by atoms with Gasteiger partial charge in [-0.2, -0.15) is 0 Å². The molecule has 3 N–H and O–H groups in total. The van der Waals surface area contributed by atoms with E-state index in [0.717, 1.165) is 9.71 Å². The van der Waals surface area contributed by atoms with Gasteiger partial charge in [0, 0.05) is 24.5 Å². The fraction of sp³-hybridized carbons (Fsp3) is 0.500. The highest BCUT2D eigenvalue weighted by atomic mass is 32.1. The molecule has 0 bridgehead atoms. The van der Waals surface area contributed by atoms with Crippen LogP contribution in [0.3, 0.4) is 0 Å². The van der Waals surface area contributed by atoms with Crippen LogP contribution in [0.4, 0.5) is 0 Å². The molecule has 0 aliphatic heterocycles. The molecule has 0 spiro atoms. The minimum absolute atomic E-state index is 0.107. The molecule has 0 radical (unpaired) electrons. The number of nitrogens with two attached hydrogens (primary N) is 1. The molecule has 2 aromatic heterocycles. The van der Waals surface area contributed by atoms with E-state index >= 15 is 0 Å². The SMILES string of the molecule is Cc1cc2c(=O)n(CC(C)(C)C(=O)NCCN)cnc2s1. The van der Waals surface area contributed by atoms with E-state index in [2.05, 4.69) is 10.3 Å². The Labute approximate surface area is 127 Å². The molecule has 0 atom stereocenters. The van der Waals surface area contributed by atoms with Crippen molar-refractivity contribution in [2.45, 2.75) is 27.3 Å². The van der Waals surface area contributed by atoms with Crippen LogP contribution in [0.2, 0.25) is 0 Å². The Hall–Kier alpha value is -1.73. The van der Waals surface area contributed by atoms with Crippen molar-refractivity contribution in [2.24, 2.45) is 11.1 Å². The first-order valence-electron chi connectivity index (χ1n) is 6.79. The summed E-state index contributed by atoms with van der Waals surface area (Å²) in [7, 11) is 0. The molecule has 21 heavy (non-hydrogen) atoms. The van der Waals surface area contributed by atoms with Crippen LogP contribution in [0.15, 0.2) is 17.2 Å². The first-order chi connectivity index (χ1) is 9.85. The first-order valence-corrected chi connectivity index (χ1v) is 7.61. The fourth-order valence-electron chi connectivity index (χ4n) is 2.12. The van der Waals surface area contributed by atoms with Crippen molar-refractivity contribution < 1.29 is 4.79 Å². The van der Waals surface area contributed by atoms with E-state index in [-0.39, 0.29) is 18.0 Å². The molecule has 2 rings (SSSR count). The van der Waals surface area contributed by atoms with Gasteiger partial charge in [0.25, 0.3) is 5.56 Å². The smallest absolute Gasteiger partial charge is 0.262 e. The van der Waals surface area contributed by atoms with Crippen LogP contribution in [0, 0.1) is 12.3 Å². The van der Waals surface area contributed by atoms with Crippen molar-refractivity contribution in [3.8, 4) is 0 Å². The van der Waals surface area contributed by atoms with Crippen LogP contribution in [0.1, 0.15) is 18.7 Å².